The van der Waals surface area contributed by atoms with Crippen LogP contribution in [0.4, 0.5) is 0 Å². The minimum Gasteiger partial charge on any atom is -0.466 e. The number of esters is 1. The number of carbonyl (C=O) groups is 1. The van der Waals surface area contributed by atoms with Crippen molar-refractivity contribution in [2.45, 2.75) is 39.0 Å². The largest absolute Gasteiger partial charge is 0.466 e. The Bertz CT molecular complexity index is 126. The molecule has 0 saturated heterocycles. The summed E-state index contributed by atoms with van der Waals surface area (Å²) in [6.07, 6.45) is 7.19. The van der Waals surface area contributed by atoms with Gasteiger partial charge in [-0.2, -0.15) is 11.8 Å². The lowest BCUT2D eigenvalue weighted by Crippen LogP contribution is -2.06. The van der Waals surface area contributed by atoms with Crippen LogP contribution in [0.2, 0.25) is 0 Å². The van der Waals surface area contributed by atoms with E-state index >= 15 is 0 Å². The average Bonchev–Trinajstić information content (AvgIpc) is 2.14. The fraction of sp³-hybridized carbons (Fsp3) is 0.900. The molecule has 0 spiro atoms. The number of rotatable bonds is 8. The summed E-state index contributed by atoms with van der Waals surface area (Å²) < 4.78 is 5.04. The summed E-state index contributed by atoms with van der Waals surface area (Å²) in [4.78, 5) is 11.0. The van der Waals surface area contributed by atoms with Gasteiger partial charge in [0.1, 0.15) is 0 Å². The van der Waals surface area contributed by atoms with Crippen LogP contribution in [0.1, 0.15) is 39.0 Å². The monoisotopic (exact) mass is 204 g/mol. The number of hydrogen-bond acceptors (Lipinski definition) is 3. The molecular formula is C10H20O2S. The molecule has 0 aliphatic rings. The van der Waals surface area contributed by atoms with Crippen LogP contribution in [0, 0.1) is 0 Å². The third-order valence-electron chi connectivity index (χ3n) is 1.77. The Morgan fingerprint density at radius 2 is 2.08 bits per heavy atom. The topological polar surface area (TPSA) is 26.3 Å². The molecule has 0 amide bonds. The molecule has 0 aromatic rings. The van der Waals surface area contributed by atoms with Crippen molar-refractivity contribution in [3.63, 3.8) is 0 Å². The van der Waals surface area contributed by atoms with E-state index in [0.717, 1.165) is 12.2 Å². The van der Waals surface area contributed by atoms with Crippen LogP contribution in [-0.2, 0) is 9.53 Å². The fourth-order valence-electron chi connectivity index (χ4n) is 0.972. The van der Waals surface area contributed by atoms with Gasteiger partial charge in [0.05, 0.1) is 13.0 Å². The molecule has 3 heteroatoms. The molecule has 13 heavy (non-hydrogen) atoms. The Morgan fingerprint density at radius 1 is 1.31 bits per heavy atom. The summed E-state index contributed by atoms with van der Waals surface area (Å²) in [5, 5.41) is 0. The Balaban J connectivity index is 3.08. The number of thioether (sulfide) groups is 1. The third-order valence-corrected chi connectivity index (χ3v) is 2.38. The van der Waals surface area contributed by atoms with Crippen LogP contribution in [-0.4, -0.2) is 24.6 Å². The zero-order valence-corrected chi connectivity index (χ0v) is 9.49. The Morgan fingerprint density at radius 3 is 2.69 bits per heavy atom. The molecule has 2 nitrogen and oxygen atoms in total. The van der Waals surface area contributed by atoms with Gasteiger partial charge >= 0.3 is 5.97 Å². The van der Waals surface area contributed by atoms with Crippen LogP contribution in [0.15, 0.2) is 0 Å². The summed E-state index contributed by atoms with van der Waals surface area (Å²) in [5.41, 5.74) is 0. The van der Waals surface area contributed by atoms with Gasteiger partial charge in [-0.1, -0.05) is 26.2 Å². The summed E-state index contributed by atoms with van der Waals surface area (Å²) >= 11 is 1.68. The first-order valence-electron chi connectivity index (χ1n) is 4.95. The predicted molar refractivity (Wildman–Crippen MR) is 58.1 cm³/mol. The van der Waals surface area contributed by atoms with Crippen LogP contribution in [0.5, 0.6) is 0 Å². The van der Waals surface area contributed by atoms with Crippen molar-refractivity contribution in [2.24, 2.45) is 0 Å². The zero-order valence-electron chi connectivity index (χ0n) is 8.67. The second kappa shape index (κ2) is 9.90. The third kappa shape index (κ3) is 9.74. The van der Waals surface area contributed by atoms with Crippen LogP contribution < -0.4 is 0 Å². The maximum absolute atomic E-state index is 11.0. The van der Waals surface area contributed by atoms with E-state index in [2.05, 4.69) is 6.92 Å². The molecule has 0 saturated carbocycles. The molecule has 0 radical (unpaired) electrons. The molecular weight excluding hydrogens is 184 g/mol. The lowest BCUT2D eigenvalue weighted by Gasteiger charge is -2.03. The van der Waals surface area contributed by atoms with E-state index < -0.39 is 0 Å². The molecule has 0 heterocycles. The van der Waals surface area contributed by atoms with Gasteiger partial charge in [-0.05, 0) is 12.7 Å². The number of unbranched alkanes of at least 4 members (excludes halogenated alkanes) is 3. The van der Waals surface area contributed by atoms with E-state index in [1.165, 1.54) is 19.3 Å². The molecule has 0 N–H and O–H groups in total. The highest BCUT2D eigenvalue weighted by Gasteiger charge is 2.00. The van der Waals surface area contributed by atoms with Crippen molar-refractivity contribution in [1.82, 2.24) is 0 Å². The van der Waals surface area contributed by atoms with E-state index in [1.54, 1.807) is 11.8 Å². The van der Waals surface area contributed by atoms with E-state index in [4.69, 9.17) is 4.74 Å². The fourth-order valence-corrected chi connectivity index (χ4v) is 1.34. The van der Waals surface area contributed by atoms with Gasteiger partial charge in [-0.3, -0.25) is 4.79 Å². The molecule has 0 aromatic carbocycles. The highest BCUT2D eigenvalue weighted by Crippen LogP contribution is 2.01. The van der Waals surface area contributed by atoms with E-state index in [0.29, 0.717) is 13.0 Å². The van der Waals surface area contributed by atoms with Gasteiger partial charge in [0.2, 0.25) is 0 Å². The molecule has 0 atom stereocenters. The lowest BCUT2D eigenvalue weighted by atomic mass is 10.2. The van der Waals surface area contributed by atoms with Crippen LogP contribution in [0.3, 0.4) is 0 Å². The van der Waals surface area contributed by atoms with E-state index in [-0.39, 0.29) is 5.97 Å². The Kier molecular flexibility index (Phi) is 9.77. The highest BCUT2D eigenvalue weighted by molar-refractivity contribution is 7.98. The van der Waals surface area contributed by atoms with Gasteiger partial charge in [-0.25, -0.2) is 0 Å². The number of ether oxygens (including phenoxy) is 1. The summed E-state index contributed by atoms with van der Waals surface area (Å²) in [6.45, 7) is 2.78. The van der Waals surface area contributed by atoms with Crippen LogP contribution in [0.25, 0.3) is 0 Å². The van der Waals surface area contributed by atoms with Gasteiger partial charge in [0.15, 0.2) is 0 Å². The second-order valence-electron chi connectivity index (χ2n) is 3.02. The normalized spacial score (nSPS) is 10.0. The molecule has 0 bridgehead atoms. The van der Waals surface area contributed by atoms with Gasteiger partial charge in [0.25, 0.3) is 0 Å². The van der Waals surface area contributed by atoms with E-state index in [1.807, 2.05) is 6.26 Å². The molecule has 0 unspecified atom stereocenters. The second-order valence-corrected chi connectivity index (χ2v) is 4.01. The number of hydrogen-bond donors (Lipinski definition) is 0. The van der Waals surface area contributed by atoms with Crippen molar-refractivity contribution in [3.05, 3.63) is 0 Å². The molecule has 0 fully saturated rings. The van der Waals surface area contributed by atoms with E-state index in [9.17, 15) is 4.79 Å². The SMILES string of the molecule is CCCCCCOC(=O)CCSC. The maximum Gasteiger partial charge on any atom is 0.306 e. The van der Waals surface area contributed by atoms with Gasteiger partial charge < -0.3 is 4.74 Å². The minimum atomic E-state index is -0.0501. The summed E-state index contributed by atoms with van der Waals surface area (Å²) in [5.74, 6) is 0.819. The standard InChI is InChI=1S/C10H20O2S/c1-3-4-5-6-8-12-10(11)7-9-13-2/h3-9H2,1-2H3. The van der Waals surface area contributed by atoms with Crippen molar-refractivity contribution in [3.8, 4) is 0 Å². The smallest absolute Gasteiger partial charge is 0.306 e. The van der Waals surface area contributed by atoms with Crippen molar-refractivity contribution in [2.75, 3.05) is 18.6 Å². The first kappa shape index (κ1) is 12.8. The Hall–Kier alpha value is -0.180. The first-order valence-corrected chi connectivity index (χ1v) is 6.35. The van der Waals surface area contributed by atoms with Crippen molar-refractivity contribution in [1.29, 1.82) is 0 Å². The van der Waals surface area contributed by atoms with Crippen LogP contribution >= 0.6 is 11.8 Å². The average molecular weight is 204 g/mol. The predicted octanol–water partition coefficient (Wildman–Crippen LogP) is 2.86. The quantitative estimate of drug-likeness (QED) is 0.449. The molecule has 0 aromatic heterocycles. The van der Waals surface area contributed by atoms with Crippen molar-refractivity contribution >= 4 is 17.7 Å². The highest BCUT2D eigenvalue weighted by atomic mass is 32.2. The molecule has 0 rings (SSSR count). The summed E-state index contributed by atoms with van der Waals surface area (Å²) in [6, 6.07) is 0. The summed E-state index contributed by atoms with van der Waals surface area (Å²) in [7, 11) is 0. The van der Waals surface area contributed by atoms with Crippen molar-refractivity contribution < 1.29 is 9.53 Å². The van der Waals surface area contributed by atoms with Gasteiger partial charge in [0, 0.05) is 5.75 Å². The zero-order chi connectivity index (χ0) is 9.94. The molecule has 0 aliphatic heterocycles. The molecule has 0 aliphatic carbocycles. The Labute approximate surface area is 85.4 Å². The lowest BCUT2D eigenvalue weighted by molar-refractivity contribution is -0.143. The number of carbonyl (C=O) groups excluding carboxylic acids is 1. The van der Waals surface area contributed by atoms with Gasteiger partial charge in [-0.15, -0.1) is 0 Å². The minimum absolute atomic E-state index is 0.0501. The molecule has 78 valence electrons. The first-order chi connectivity index (χ1) is 6.31. The maximum atomic E-state index is 11.0.